The Balaban J connectivity index is 1.38. The van der Waals surface area contributed by atoms with Crippen molar-refractivity contribution in [3.05, 3.63) is 289 Å². The molecule has 0 N–H and O–H groups in total. The van der Waals surface area contributed by atoms with Crippen molar-refractivity contribution in [1.29, 1.82) is 0 Å². The van der Waals surface area contributed by atoms with E-state index in [1.807, 2.05) is 142 Å². The monoisotopic (exact) mass is 1050 g/mol. The van der Waals surface area contributed by atoms with E-state index < -0.39 is 40.4 Å². The highest BCUT2D eigenvalue weighted by atomic mass is 15.2. The van der Waals surface area contributed by atoms with Crippen LogP contribution in [0.5, 0.6) is 0 Å². The third kappa shape index (κ3) is 11.2. The van der Waals surface area contributed by atoms with Gasteiger partial charge in [-0.3, -0.25) is 0 Å². The lowest BCUT2D eigenvalue weighted by Gasteiger charge is -2.36. The summed E-state index contributed by atoms with van der Waals surface area (Å²) in [5, 5.41) is 0. The Bertz CT molecular complexity index is 4250. The first-order chi connectivity index (χ1) is 42.7. The zero-order chi connectivity index (χ0) is 64.3. The standard InChI is InChI=1S/C78H72N2/c1-76(2,3)63-48-68(79(66-42-24-14-25-43-66)74-70(57-34-20-12-21-35-57)50-64(77(4,5)6)52-72(74)61-40-28-38-59(46-61)55-30-16-10-17-31-55)54-69(49-63)80(67-44-26-15-27-45-67)75-71(58-36-22-13-23-37-58)51-65(78(7,8)9)53-73(75)62-41-29-39-60(47-62)56-32-18-11-19-33-56/h10-54H,1-9H3/i14D,15D,24D,25D,26D,27D,42D,44D,48D,49D. The minimum absolute atomic E-state index is 0.0327. The minimum Gasteiger partial charge on any atom is -0.309 e. The highest BCUT2D eigenvalue weighted by Crippen LogP contribution is 2.54. The summed E-state index contributed by atoms with van der Waals surface area (Å²) < 4.78 is 97.5. The molecule has 80 heavy (non-hydrogen) atoms. The minimum atomic E-state index is -0.987. The van der Waals surface area contributed by atoms with Crippen LogP contribution < -0.4 is 9.80 Å². The van der Waals surface area contributed by atoms with Gasteiger partial charge in [-0.05, 0) is 156 Å². The lowest BCUT2D eigenvalue weighted by atomic mass is 9.81. The number of anilines is 6. The van der Waals surface area contributed by atoms with E-state index in [9.17, 15) is 11.0 Å². The van der Waals surface area contributed by atoms with Crippen molar-refractivity contribution in [3.63, 3.8) is 0 Å². The SMILES string of the molecule is [2H]c1cc(N(c2cc(N(c3cc([2H])c([2H])c([2H])c3[2H])c3c(-c4ccccc4)cc(C(C)(C)C)cc3-c3cccc(-c4ccccc4)c3)c([2H])c(C(C)(C)C)c2[2H])c2c(-c3ccccc3)cc(C(C)(C)C)cc2-c2cccc(-c3ccccc3)c2)c([2H])c([2H])c1[2H]. The van der Waals surface area contributed by atoms with E-state index in [4.69, 9.17) is 2.74 Å². The van der Waals surface area contributed by atoms with Crippen LogP contribution in [-0.4, -0.2) is 0 Å². The van der Waals surface area contributed by atoms with Crippen LogP contribution >= 0.6 is 0 Å². The van der Waals surface area contributed by atoms with Crippen molar-refractivity contribution in [2.24, 2.45) is 0 Å². The molecule has 2 heteroatoms. The highest BCUT2D eigenvalue weighted by molar-refractivity contribution is 6.02. The lowest BCUT2D eigenvalue weighted by molar-refractivity contribution is 0.590. The topological polar surface area (TPSA) is 6.48 Å². The molecule has 0 unspecified atom stereocenters. The number of rotatable bonds is 12. The summed E-state index contributed by atoms with van der Waals surface area (Å²) in [5.74, 6) is 0. The average Bonchev–Trinajstić information content (AvgIpc) is 0.728. The van der Waals surface area contributed by atoms with Gasteiger partial charge in [0.15, 0.2) is 0 Å². The molecular weight excluding hydrogens is 965 g/mol. The van der Waals surface area contributed by atoms with Crippen molar-refractivity contribution in [2.75, 3.05) is 9.80 Å². The maximum Gasteiger partial charge on any atom is 0.0648 e. The smallest absolute Gasteiger partial charge is 0.0648 e. The zero-order valence-corrected chi connectivity index (χ0v) is 47.1. The summed E-state index contributed by atoms with van der Waals surface area (Å²) in [5.41, 5.74) is 11.5. The van der Waals surface area contributed by atoms with Gasteiger partial charge in [0.2, 0.25) is 0 Å². The quantitative estimate of drug-likeness (QED) is 0.120. The fourth-order valence-corrected chi connectivity index (χ4v) is 10.4. The maximum absolute atomic E-state index is 10.9. The molecule has 0 bridgehead atoms. The zero-order valence-electron chi connectivity index (χ0n) is 57.1. The average molecular weight is 1050 g/mol. The molecule has 11 rings (SSSR count). The first-order valence-electron chi connectivity index (χ1n) is 32.4. The van der Waals surface area contributed by atoms with Gasteiger partial charge in [0.05, 0.1) is 25.1 Å². The third-order valence-electron chi connectivity index (χ3n) is 14.7. The molecule has 0 aromatic heterocycles. The van der Waals surface area contributed by atoms with Crippen LogP contribution in [0, 0.1) is 0 Å². The van der Waals surface area contributed by atoms with Gasteiger partial charge in [0.1, 0.15) is 0 Å². The van der Waals surface area contributed by atoms with Gasteiger partial charge >= 0.3 is 0 Å². The van der Waals surface area contributed by atoms with Crippen molar-refractivity contribution < 1.29 is 13.7 Å². The normalized spacial score (nSPS) is 13.6. The second-order valence-corrected chi connectivity index (χ2v) is 23.5. The molecule has 0 fully saturated rings. The van der Waals surface area contributed by atoms with Crippen molar-refractivity contribution in [2.45, 2.75) is 78.6 Å². The first kappa shape index (κ1) is 42.0. The molecule has 0 amide bonds. The van der Waals surface area contributed by atoms with Crippen molar-refractivity contribution >= 4 is 34.1 Å². The summed E-state index contributed by atoms with van der Waals surface area (Å²) in [6, 6.07) is 66.1. The Morgan fingerprint density at radius 1 is 0.263 bits per heavy atom. The van der Waals surface area contributed by atoms with Gasteiger partial charge in [-0.1, -0.05) is 256 Å². The maximum atomic E-state index is 10.9. The molecule has 0 saturated carbocycles. The van der Waals surface area contributed by atoms with Crippen LogP contribution in [0.4, 0.5) is 34.1 Å². The molecule has 0 spiro atoms. The Kier molecular flexibility index (Phi) is 11.6. The number of hydrogen-bond acceptors (Lipinski definition) is 2. The van der Waals surface area contributed by atoms with E-state index >= 15 is 0 Å². The largest absolute Gasteiger partial charge is 0.309 e. The molecule has 11 aromatic carbocycles. The summed E-state index contributed by atoms with van der Waals surface area (Å²) in [4.78, 5) is 3.56. The number of nitrogens with zero attached hydrogens (tertiary/aromatic N) is 2. The number of para-hydroxylation sites is 2. The molecular formula is C78H72N2. The Labute approximate surface area is 490 Å². The predicted octanol–water partition coefficient (Wildman–Crippen LogP) is 22.5. The molecule has 394 valence electrons. The lowest BCUT2D eigenvalue weighted by Crippen LogP contribution is -2.20. The van der Waals surface area contributed by atoms with Crippen LogP contribution in [-0.2, 0) is 16.2 Å². The Morgan fingerprint density at radius 2 is 0.575 bits per heavy atom. The molecule has 0 aliphatic carbocycles. The summed E-state index contributed by atoms with van der Waals surface area (Å²) in [7, 11) is 0. The van der Waals surface area contributed by atoms with Gasteiger partial charge in [0.25, 0.3) is 0 Å². The first-order valence-corrected chi connectivity index (χ1v) is 27.4. The summed E-state index contributed by atoms with van der Waals surface area (Å²) in [6.45, 7) is 18.7. The van der Waals surface area contributed by atoms with Gasteiger partial charge in [-0.15, -0.1) is 0 Å². The molecule has 0 atom stereocenters. The molecule has 2 nitrogen and oxygen atoms in total. The van der Waals surface area contributed by atoms with Crippen LogP contribution in [0.25, 0.3) is 66.8 Å². The number of hydrogen-bond donors (Lipinski definition) is 0. The van der Waals surface area contributed by atoms with E-state index in [2.05, 4.69) is 114 Å². The molecule has 11 aromatic rings. The van der Waals surface area contributed by atoms with E-state index in [1.54, 1.807) is 15.9 Å². The summed E-state index contributed by atoms with van der Waals surface area (Å²) in [6.07, 6.45) is 0. The molecule has 0 aliphatic heterocycles. The number of benzene rings is 11. The summed E-state index contributed by atoms with van der Waals surface area (Å²) >= 11 is 0. The highest BCUT2D eigenvalue weighted by Gasteiger charge is 2.31. The second kappa shape index (κ2) is 22.0. The van der Waals surface area contributed by atoms with E-state index in [1.165, 1.54) is 12.1 Å². The third-order valence-corrected chi connectivity index (χ3v) is 14.7. The van der Waals surface area contributed by atoms with Gasteiger partial charge in [-0.25, -0.2) is 0 Å². The van der Waals surface area contributed by atoms with E-state index in [-0.39, 0.29) is 64.6 Å². The van der Waals surface area contributed by atoms with Crippen LogP contribution in [0.1, 0.15) is 92.7 Å². The van der Waals surface area contributed by atoms with Crippen LogP contribution in [0.15, 0.2) is 273 Å². The van der Waals surface area contributed by atoms with E-state index in [0.717, 1.165) is 55.6 Å². The van der Waals surface area contributed by atoms with Crippen LogP contribution in [0.2, 0.25) is 0 Å². The molecule has 0 radical (unpaired) electrons. The molecule has 0 heterocycles. The van der Waals surface area contributed by atoms with Crippen LogP contribution in [0.3, 0.4) is 0 Å². The molecule has 0 saturated heterocycles. The fraction of sp³-hybridized carbons (Fsp3) is 0.154. The van der Waals surface area contributed by atoms with Crippen molar-refractivity contribution in [1.82, 2.24) is 0 Å². The second-order valence-electron chi connectivity index (χ2n) is 23.5. The predicted molar refractivity (Wildman–Crippen MR) is 345 cm³/mol. The van der Waals surface area contributed by atoms with Gasteiger partial charge < -0.3 is 9.80 Å². The Hall–Kier alpha value is -8.98. The van der Waals surface area contributed by atoms with Gasteiger partial charge in [0, 0.05) is 45.0 Å². The Morgan fingerprint density at radius 3 is 0.925 bits per heavy atom. The van der Waals surface area contributed by atoms with Gasteiger partial charge in [-0.2, -0.15) is 0 Å². The fourth-order valence-electron chi connectivity index (χ4n) is 10.4. The molecule has 0 aliphatic rings. The van der Waals surface area contributed by atoms with Crippen molar-refractivity contribution in [3.8, 4) is 66.8 Å². The van der Waals surface area contributed by atoms with E-state index in [0.29, 0.717) is 33.6 Å².